The van der Waals surface area contributed by atoms with Crippen LogP contribution in [0.3, 0.4) is 0 Å². The first-order chi connectivity index (χ1) is 4.61. The van der Waals surface area contributed by atoms with E-state index >= 15 is 0 Å². The van der Waals surface area contributed by atoms with Gasteiger partial charge in [0.1, 0.15) is 5.69 Å². The molecule has 0 aliphatic heterocycles. The fraction of sp³-hybridized carbons (Fsp3) is 0.333. The van der Waals surface area contributed by atoms with Gasteiger partial charge in [-0.1, -0.05) is 18.2 Å². The summed E-state index contributed by atoms with van der Waals surface area (Å²) in [5.41, 5.74) is 1.34. The number of quaternary nitrogens is 1. The van der Waals surface area contributed by atoms with E-state index in [0.717, 1.165) is 4.48 Å². The molecule has 0 amide bonds. The molecule has 0 atom stereocenters. The van der Waals surface area contributed by atoms with E-state index in [1.807, 2.05) is 6.07 Å². The third-order valence-electron chi connectivity index (χ3n) is 1.53. The molecule has 0 aromatic heterocycles. The number of para-hydroxylation sites is 1. The van der Waals surface area contributed by atoms with Crippen LogP contribution in [0.1, 0.15) is 0 Å². The minimum absolute atomic E-state index is 0. The Hall–Kier alpha value is -0.130. The third kappa shape index (κ3) is 4.04. The molecule has 1 aromatic rings. The maximum atomic E-state index is 2.16. The maximum Gasteiger partial charge on any atom is 0.132 e. The molecule has 1 rings (SSSR count). The maximum absolute atomic E-state index is 2.16. The lowest BCUT2D eigenvalue weighted by Crippen LogP contribution is -2.34. The van der Waals surface area contributed by atoms with Gasteiger partial charge in [-0.3, -0.25) is 4.48 Å². The van der Waals surface area contributed by atoms with Gasteiger partial charge < -0.3 is 6.15 Å². The van der Waals surface area contributed by atoms with Crippen LogP contribution in [0.5, 0.6) is 0 Å². The van der Waals surface area contributed by atoms with Gasteiger partial charge in [0.05, 0.1) is 21.1 Å². The van der Waals surface area contributed by atoms with E-state index in [0.29, 0.717) is 0 Å². The van der Waals surface area contributed by atoms with Gasteiger partial charge in [-0.05, 0) is 12.1 Å². The molecule has 1 aromatic carbocycles. The molecule has 2 nitrogen and oxygen atoms in total. The number of benzene rings is 1. The zero-order chi connectivity index (χ0) is 7.61. The van der Waals surface area contributed by atoms with Gasteiger partial charge in [-0.25, -0.2) is 0 Å². The molecule has 0 radical (unpaired) electrons. The summed E-state index contributed by atoms with van der Waals surface area (Å²) in [6, 6.07) is 10.5. The average Bonchev–Trinajstić information content (AvgIpc) is 1.88. The Balaban J connectivity index is 0. The molecular formula is C9H18IN2+. The summed E-state index contributed by atoms with van der Waals surface area (Å²) in [5, 5.41) is 0. The van der Waals surface area contributed by atoms with E-state index < -0.39 is 0 Å². The molecule has 0 saturated heterocycles. The Morgan fingerprint density at radius 2 is 1.33 bits per heavy atom. The van der Waals surface area contributed by atoms with Crippen molar-refractivity contribution >= 4 is 29.7 Å². The van der Waals surface area contributed by atoms with Crippen LogP contribution in [0.15, 0.2) is 30.3 Å². The molecule has 0 bridgehead atoms. The lowest BCUT2D eigenvalue weighted by atomic mass is 10.3. The van der Waals surface area contributed by atoms with Crippen molar-refractivity contribution < 1.29 is 0 Å². The number of hydrogen-bond acceptors (Lipinski definition) is 1. The van der Waals surface area contributed by atoms with Crippen LogP contribution in [0.4, 0.5) is 5.69 Å². The second kappa shape index (κ2) is 5.50. The molecule has 0 aliphatic rings. The van der Waals surface area contributed by atoms with Crippen LogP contribution >= 0.6 is 24.0 Å². The first-order valence-electron chi connectivity index (χ1n) is 3.48. The summed E-state index contributed by atoms with van der Waals surface area (Å²) in [7, 11) is 6.49. The Morgan fingerprint density at radius 3 is 1.58 bits per heavy atom. The lowest BCUT2D eigenvalue weighted by molar-refractivity contribution is 0.486. The topological polar surface area (TPSA) is 35.0 Å². The Labute approximate surface area is 91.8 Å². The summed E-state index contributed by atoms with van der Waals surface area (Å²) in [6.07, 6.45) is 0. The van der Waals surface area contributed by atoms with Gasteiger partial charge in [0.25, 0.3) is 0 Å². The number of hydrogen-bond donors (Lipinski definition) is 1. The molecule has 0 aliphatic carbocycles. The smallest absolute Gasteiger partial charge is 0.132 e. The lowest BCUT2D eigenvalue weighted by Gasteiger charge is -2.22. The highest BCUT2D eigenvalue weighted by Crippen LogP contribution is 2.14. The van der Waals surface area contributed by atoms with Crippen molar-refractivity contribution in [3.63, 3.8) is 0 Å². The summed E-state index contributed by atoms with van der Waals surface area (Å²) >= 11 is 0. The normalized spacial score (nSPS) is 9.58. The molecule has 3 heteroatoms. The fourth-order valence-corrected chi connectivity index (χ4v) is 0.875. The predicted octanol–water partition coefficient (Wildman–Crippen LogP) is 2.66. The van der Waals surface area contributed by atoms with Gasteiger partial charge >= 0.3 is 0 Å². The number of halogens is 1. The largest absolute Gasteiger partial charge is 0.344 e. The van der Waals surface area contributed by atoms with E-state index in [2.05, 4.69) is 45.4 Å². The van der Waals surface area contributed by atoms with E-state index in [4.69, 9.17) is 0 Å². The summed E-state index contributed by atoms with van der Waals surface area (Å²) in [5.74, 6) is 0. The van der Waals surface area contributed by atoms with E-state index in [9.17, 15) is 0 Å². The minimum atomic E-state index is 0. The molecular weight excluding hydrogens is 263 g/mol. The van der Waals surface area contributed by atoms with E-state index in [1.165, 1.54) is 5.69 Å². The number of nitrogens with zero attached hydrogens (tertiary/aromatic N) is 1. The molecule has 0 heterocycles. The van der Waals surface area contributed by atoms with Crippen LogP contribution in [0.25, 0.3) is 0 Å². The predicted molar refractivity (Wildman–Crippen MR) is 66.4 cm³/mol. The minimum Gasteiger partial charge on any atom is -0.344 e. The van der Waals surface area contributed by atoms with Crippen molar-refractivity contribution in [1.82, 2.24) is 10.6 Å². The molecule has 70 valence electrons. The van der Waals surface area contributed by atoms with Crippen LogP contribution in [-0.4, -0.2) is 21.1 Å². The molecule has 3 N–H and O–H groups in total. The standard InChI is InChI=1S/C9H14N.HI.H3N/c1-10(2,3)9-7-5-4-6-8-9;;/h4-8H,1-3H3;1H;1H3/q+1;;. The average molecular weight is 281 g/mol. The molecule has 0 unspecified atom stereocenters. The monoisotopic (exact) mass is 281 g/mol. The van der Waals surface area contributed by atoms with Crippen molar-refractivity contribution in [3.8, 4) is 0 Å². The van der Waals surface area contributed by atoms with Crippen LogP contribution < -0.4 is 10.6 Å². The summed E-state index contributed by atoms with van der Waals surface area (Å²) in [6.45, 7) is 0. The van der Waals surface area contributed by atoms with Crippen molar-refractivity contribution in [2.75, 3.05) is 21.1 Å². The van der Waals surface area contributed by atoms with E-state index in [-0.39, 0.29) is 30.1 Å². The second-order valence-electron chi connectivity index (χ2n) is 3.35. The van der Waals surface area contributed by atoms with E-state index in [1.54, 1.807) is 0 Å². The molecule has 0 saturated carbocycles. The van der Waals surface area contributed by atoms with Gasteiger partial charge in [0, 0.05) is 0 Å². The highest BCUT2D eigenvalue weighted by atomic mass is 127. The van der Waals surface area contributed by atoms with Crippen LogP contribution in [0.2, 0.25) is 0 Å². The molecule has 0 spiro atoms. The highest BCUT2D eigenvalue weighted by Gasteiger charge is 2.08. The fourth-order valence-electron chi connectivity index (χ4n) is 0.875. The van der Waals surface area contributed by atoms with Gasteiger partial charge in [-0.15, -0.1) is 24.0 Å². The number of rotatable bonds is 1. The van der Waals surface area contributed by atoms with Crippen LogP contribution in [-0.2, 0) is 0 Å². The quantitative estimate of drug-likeness (QED) is 0.623. The second-order valence-corrected chi connectivity index (χ2v) is 3.35. The van der Waals surface area contributed by atoms with Crippen molar-refractivity contribution in [1.29, 1.82) is 0 Å². The molecule has 0 fully saturated rings. The first-order valence-corrected chi connectivity index (χ1v) is 3.48. The first kappa shape index (κ1) is 14.4. The Kier molecular flexibility index (Phi) is 6.60. The molecule has 12 heavy (non-hydrogen) atoms. The Morgan fingerprint density at radius 1 is 0.917 bits per heavy atom. The van der Waals surface area contributed by atoms with Crippen molar-refractivity contribution in [2.45, 2.75) is 0 Å². The SMILES string of the molecule is C[N+](C)(C)c1ccccc1.I.N. The van der Waals surface area contributed by atoms with Crippen molar-refractivity contribution in [3.05, 3.63) is 30.3 Å². The van der Waals surface area contributed by atoms with Crippen molar-refractivity contribution in [2.24, 2.45) is 0 Å². The zero-order valence-electron chi connectivity index (χ0n) is 7.95. The van der Waals surface area contributed by atoms with Gasteiger partial charge in [-0.2, -0.15) is 0 Å². The van der Waals surface area contributed by atoms with Gasteiger partial charge in [0.15, 0.2) is 0 Å². The third-order valence-corrected chi connectivity index (χ3v) is 1.53. The van der Waals surface area contributed by atoms with Gasteiger partial charge in [0.2, 0.25) is 0 Å². The Bertz CT molecular complexity index is 204. The summed E-state index contributed by atoms with van der Waals surface area (Å²) in [4.78, 5) is 0. The summed E-state index contributed by atoms with van der Waals surface area (Å²) < 4.78 is 0.890. The zero-order valence-corrected chi connectivity index (χ0v) is 10.3. The highest BCUT2D eigenvalue weighted by molar-refractivity contribution is 14.0. The van der Waals surface area contributed by atoms with Crippen LogP contribution in [0, 0.1) is 0 Å².